The van der Waals surface area contributed by atoms with Crippen LogP contribution >= 0.6 is 11.3 Å². The molecule has 0 radical (unpaired) electrons. The first-order valence-corrected chi connectivity index (χ1v) is 14.7. The number of amides is 1. The van der Waals surface area contributed by atoms with E-state index in [1.165, 1.54) is 16.2 Å². The maximum Gasteiger partial charge on any atom is 0.301 e. The number of thiazole rings is 1. The Kier molecular flexibility index (Phi) is 6.65. The average Bonchev–Trinajstić information content (AvgIpc) is 3.60. The second-order valence-corrected chi connectivity index (χ2v) is 12.5. The molecule has 0 saturated carbocycles. The van der Waals surface area contributed by atoms with Crippen LogP contribution in [0.4, 0.5) is 5.13 Å². The Morgan fingerprint density at radius 3 is 2.45 bits per heavy atom. The van der Waals surface area contributed by atoms with Gasteiger partial charge >= 0.3 is 5.91 Å². The lowest BCUT2D eigenvalue weighted by molar-refractivity contribution is -0.132. The van der Waals surface area contributed by atoms with Crippen LogP contribution < -0.4 is 9.64 Å². The highest BCUT2D eigenvalue weighted by atomic mass is 32.1. The molecule has 1 aliphatic rings. The molecule has 1 amide bonds. The maximum atomic E-state index is 13.8. The van der Waals surface area contributed by atoms with Crippen molar-refractivity contribution in [1.29, 1.82) is 0 Å². The molecule has 1 atom stereocenters. The van der Waals surface area contributed by atoms with Gasteiger partial charge in [-0.1, -0.05) is 62.4 Å². The van der Waals surface area contributed by atoms with Gasteiger partial charge in [-0.05, 0) is 67.1 Å². The van der Waals surface area contributed by atoms with Crippen molar-refractivity contribution in [3.8, 4) is 5.75 Å². The van der Waals surface area contributed by atoms with Crippen LogP contribution in [0.25, 0.3) is 21.6 Å². The molecule has 42 heavy (non-hydrogen) atoms. The fourth-order valence-corrected chi connectivity index (χ4v) is 6.46. The number of imidazole rings is 1. The summed E-state index contributed by atoms with van der Waals surface area (Å²) in [5.74, 6) is -1.13. The van der Waals surface area contributed by atoms with Gasteiger partial charge in [-0.25, -0.2) is 9.97 Å². The normalized spacial score (nSPS) is 17.1. The lowest BCUT2D eigenvalue weighted by atomic mass is 9.85. The van der Waals surface area contributed by atoms with E-state index < -0.39 is 17.7 Å². The third kappa shape index (κ3) is 4.44. The molecular formula is C33H32N4O4S. The summed E-state index contributed by atoms with van der Waals surface area (Å²) in [4.78, 5) is 38.4. The molecule has 0 spiro atoms. The van der Waals surface area contributed by atoms with E-state index in [4.69, 9.17) is 14.7 Å². The van der Waals surface area contributed by atoms with Crippen molar-refractivity contribution in [1.82, 2.24) is 14.4 Å². The van der Waals surface area contributed by atoms with Crippen LogP contribution in [0.3, 0.4) is 0 Å². The van der Waals surface area contributed by atoms with Gasteiger partial charge in [0.05, 0.1) is 34.1 Å². The van der Waals surface area contributed by atoms with Gasteiger partial charge in [-0.15, -0.1) is 0 Å². The molecule has 1 saturated heterocycles. The number of aryl methyl sites for hydroxylation is 2. The Hall–Kier alpha value is -4.50. The quantitative estimate of drug-likeness (QED) is 0.138. The monoisotopic (exact) mass is 580 g/mol. The summed E-state index contributed by atoms with van der Waals surface area (Å²) in [5.41, 5.74) is 4.93. The fourth-order valence-electron chi connectivity index (χ4n) is 5.44. The number of fused-ring (bicyclic) bond motifs is 2. The van der Waals surface area contributed by atoms with Gasteiger partial charge in [0.2, 0.25) is 0 Å². The minimum atomic E-state index is -0.892. The van der Waals surface area contributed by atoms with Crippen molar-refractivity contribution >= 4 is 49.8 Å². The van der Waals surface area contributed by atoms with Crippen molar-refractivity contribution in [3.63, 3.8) is 0 Å². The predicted molar refractivity (Wildman–Crippen MR) is 165 cm³/mol. The van der Waals surface area contributed by atoms with E-state index >= 15 is 0 Å². The highest BCUT2D eigenvalue weighted by molar-refractivity contribution is 7.22. The third-order valence-electron chi connectivity index (χ3n) is 7.71. The highest BCUT2D eigenvalue weighted by Crippen LogP contribution is 2.45. The third-order valence-corrected chi connectivity index (χ3v) is 8.73. The van der Waals surface area contributed by atoms with Gasteiger partial charge in [-0.3, -0.25) is 14.5 Å². The number of carbonyl (C=O) groups is 2. The van der Waals surface area contributed by atoms with Crippen LogP contribution in [0.1, 0.15) is 61.8 Å². The number of hydrogen-bond acceptors (Lipinski definition) is 7. The number of Topliss-reactive ketones (excluding diaryl/α,β-unsaturated/α-hetero) is 1. The first-order chi connectivity index (χ1) is 20.0. The molecule has 5 aromatic rings. The Balaban J connectivity index is 1.56. The number of benzene rings is 2. The first kappa shape index (κ1) is 27.7. The molecular weight excluding hydrogens is 548 g/mol. The van der Waals surface area contributed by atoms with E-state index in [0.29, 0.717) is 39.9 Å². The number of ether oxygens (including phenoxy) is 1. The molecule has 8 nitrogen and oxygen atoms in total. The molecule has 1 aliphatic heterocycles. The van der Waals surface area contributed by atoms with Crippen molar-refractivity contribution < 1.29 is 19.4 Å². The first-order valence-electron chi connectivity index (χ1n) is 13.9. The Bertz CT molecular complexity index is 1910. The van der Waals surface area contributed by atoms with E-state index in [9.17, 15) is 14.7 Å². The largest absolute Gasteiger partial charge is 0.505 e. The Morgan fingerprint density at radius 1 is 1.05 bits per heavy atom. The standard InChI is InChI=1S/C33H32N4O4S/c1-7-41-22-14-15-23-24(17-22)42-32(34-23)37-27(20-10-12-21(13-11-20)33(4,5)6)25(29(39)31(37)40)28(38)26-19(3)36-16-8-9-18(2)30(36)35-26/h8-17,27,38H,7H2,1-6H3/b28-25+. The fraction of sp³-hybridized carbons (Fsp3) is 0.273. The number of rotatable bonds is 5. The smallest absolute Gasteiger partial charge is 0.301 e. The zero-order chi connectivity index (χ0) is 29.9. The summed E-state index contributed by atoms with van der Waals surface area (Å²) >= 11 is 1.30. The van der Waals surface area contributed by atoms with Gasteiger partial charge < -0.3 is 14.2 Å². The molecule has 1 unspecified atom stereocenters. The molecule has 6 rings (SSSR count). The number of nitrogens with zero attached hydrogens (tertiary/aromatic N) is 4. The SMILES string of the molecule is CCOc1ccc2nc(N3C(=O)C(=O)/C(=C(/O)c4nc5c(C)cccn5c4C)C3c3ccc(C(C)(C)C)cc3)sc2c1. The predicted octanol–water partition coefficient (Wildman–Crippen LogP) is 6.88. The Labute approximate surface area is 247 Å². The van der Waals surface area contributed by atoms with Crippen LogP contribution in [0, 0.1) is 13.8 Å². The van der Waals surface area contributed by atoms with E-state index in [2.05, 4.69) is 20.8 Å². The van der Waals surface area contributed by atoms with Gasteiger partial charge in [0.15, 0.2) is 10.9 Å². The summed E-state index contributed by atoms with van der Waals surface area (Å²) in [5, 5.41) is 12.1. The van der Waals surface area contributed by atoms with E-state index in [0.717, 1.165) is 15.8 Å². The number of aliphatic hydroxyl groups is 1. The van der Waals surface area contributed by atoms with Crippen molar-refractivity contribution in [3.05, 3.63) is 94.4 Å². The van der Waals surface area contributed by atoms with Gasteiger partial charge in [0, 0.05) is 6.20 Å². The summed E-state index contributed by atoms with van der Waals surface area (Å²) in [6.45, 7) is 12.6. The minimum Gasteiger partial charge on any atom is -0.505 e. The average molecular weight is 581 g/mol. The molecule has 0 aliphatic carbocycles. The Morgan fingerprint density at radius 2 is 1.79 bits per heavy atom. The van der Waals surface area contributed by atoms with Crippen LogP contribution in [0.15, 0.2) is 66.4 Å². The number of pyridine rings is 1. The van der Waals surface area contributed by atoms with Gasteiger partial charge in [-0.2, -0.15) is 0 Å². The summed E-state index contributed by atoms with van der Waals surface area (Å²) in [7, 11) is 0. The molecule has 9 heteroatoms. The van der Waals surface area contributed by atoms with Crippen LogP contribution in [-0.4, -0.2) is 37.8 Å². The van der Waals surface area contributed by atoms with E-state index in [1.54, 1.807) is 0 Å². The van der Waals surface area contributed by atoms with Crippen LogP contribution in [0.5, 0.6) is 5.75 Å². The summed E-state index contributed by atoms with van der Waals surface area (Å²) < 4.78 is 8.35. The maximum absolute atomic E-state index is 13.8. The topological polar surface area (TPSA) is 97.0 Å². The molecule has 4 heterocycles. The van der Waals surface area contributed by atoms with Crippen molar-refractivity contribution in [2.45, 2.75) is 53.0 Å². The minimum absolute atomic E-state index is 0.0121. The molecule has 0 bridgehead atoms. The number of carbonyl (C=O) groups excluding carboxylic acids is 2. The molecule has 214 valence electrons. The summed E-state index contributed by atoms with van der Waals surface area (Å²) in [6, 6.07) is 16.3. The lowest BCUT2D eigenvalue weighted by Gasteiger charge is -2.24. The highest BCUT2D eigenvalue weighted by Gasteiger charge is 2.48. The summed E-state index contributed by atoms with van der Waals surface area (Å²) in [6.07, 6.45) is 1.86. The van der Waals surface area contributed by atoms with Crippen LogP contribution in [0.2, 0.25) is 0 Å². The van der Waals surface area contributed by atoms with Crippen molar-refractivity contribution in [2.75, 3.05) is 11.5 Å². The van der Waals surface area contributed by atoms with E-state index in [-0.39, 0.29) is 22.4 Å². The van der Waals surface area contributed by atoms with Gasteiger partial charge in [0.25, 0.3) is 5.78 Å². The zero-order valence-corrected chi connectivity index (χ0v) is 25.2. The zero-order valence-electron chi connectivity index (χ0n) is 24.4. The molecule has 1 fully saturated rings. The second kappa shape index (κ2) is 10.1. The van der Waals surface area contributed by atoms with Crippen LogP contribution in [-0.2, 0) is 15.0 Å². The number of aliphatic hydroxyl groups excluding tert-OH is 1. The lowest BCUT2D eigenvalue weighted by Crippen LogP contribution is -2.29. The van der Waals surface area contributed by atoms with Crippen molar-refractivity contribution in [2.24, 2.45) is 0 Å². The van der Waals surface area contributed by atoms with Gasteiger partial charge in [0.1, 0.15) is 17.1 Å². The molecule has 1 N–H and O–H groups in total. The molecule has 3 aromatic heterocycles. The number of aromatic nitrogens is 3. The number of ketones is 1. The number of hydrogen-bond donors (Lipinski definition) is 1. The molecule has 2 aromatic carbocycles. The number of anilines is 1. The van der Waals surface area contributed by atoms with E-state index in [1.807, 2.05) is 86.0 Å². The second-order valence-electron chi connectivity index (χ2n) is 11.5.